The van der Waals surface area contributed by atoms with Gasteiger partial charge in [0.1, 0.15) is 6.10 Å². The van der Waals surface area contributed by atoms with E-state index in [-0.39, 0.29) is 12.1 Å². The van der Waals surface area contributed by atoms with Crippen LogP contribution in [0.25, 0.3) is 0 Å². The molecule has 0 bridgehead atoms. The molecule has 4 aliphatic rings. The maximum absolute atomic E-state index is 12.3. The Hall–Kier alpha value is -0.0600. The van der Waals surface area contributed by atoms with E-state index in [4.69, 9.17) is 4.74 Å². The van der Waals surface area contributed by atoms with Gasteiger partial charge in [-0.2, -0.15) is 0 Å². The fraction of sp³-hybridized carbons (Fsp3) is 0.903. The van der Waals surface area contributed by atoms with E-state index in [1.165, 1.54) is 57.8 Å². The molecule has 0 radical (unpaired) electrons. The van der Waals surface area contributed by atoms with Gasteiger partial charge in [0.25, 0.3) is 0 Å². The lowest BCUT2D eigenvalue weighted by Gasteiger charge is -2.58. The predicted octanol–water partition coefficient (Wildman–Crippen LogP) is 9.15. The molecule has 0 aromatic carbocycles. The van der Waals surface area contributed by atoms with Crippen molar-refractivity contribution in [3.8, 4) is 0 Å². The van der Waals surface area contributed by atoms with Gasteiger partial charge < -0.3 is 4.74 Å². The third-order valence-electron chi connectivity index (χ3n) is 11.0. The van der Waals surface area contributed by atoms with Gasteiger partial charge >= 0.3 is 5.97 Å². The Balaban J connectivity index is 1.42. The molecule has 0 heterocycles. The molecular formula is C31H51IO2. The van der Waals surface area contributed by atoms with Crippen LogP contribution >= 0.6 is 22.6 Å². The third kappa shape index (κ3) is 5.30. The van der Waals surface area contributed by atoms with Crippen LogP contribution in [0, 0.1) is 46.3 Å². The molecule has 4 aliphatic carbocycles. The number of alkyl halides is 1. The van der Waals surface area contributed by atoms with Crippen molar-refractivity contribution < 1.29 is 9.53 Å². The lowest BCUT2D eigenvalue weighted by molar-refractivity contribution is -0.151. The van der Waals surface area contributed by atoms with E-state index >= 15 is 0 Å². The summed E-state index contributed by atoms with van der Waals surface area (Å²) < 4.78 is 6.27. The fourth-order valence-electron chi connectivity index (χ4n) is 9.22. The molecule has 3 heteroatoms. The molecule has 2 nitrogen and oxygen atoms in total. The second-order valence-corrected chi connectivity index (χ2v) is 15.8. The van der Waals surface area contributed by atoms with Crippen molar-refractivity contribution in [2.75, 3.05) is 0 Å². The number of halogens is 1. The predicted molar refractivity (Wildman–Crippen MR) is 151 cm³/mol. The van der Waals surface area contributed by atoms with Crippen LogP contribution in [0.4, 0.5) is 0 Å². The quantitative estimate of drug-likeness (QED) is 0.123. The average molecular weight is 583 g/mol. The molecule has 4 rings (SSSR count). The largest absolute Gasteiger partial charge is 0.462 e. The highest BCUT2D eigenvalue weighted by Gasteiger charge is 2.59. The summed E-state index contributed by atoms with van der Waals surface area (Å²) in [6.07, 6.45) is 17.8. The van der Waals surface area contributed by atoms with Crippen LogP contribution in [0.15, 0.2) is 11.6 Å². The van der Waals surface area contributed by atoms with Crippen molar-refractivity contribution in [1.29, 1.82) is 0 Å². The van der Waals surface area contributed by atoms with E-state index in [0.717, 1.165) is 48.3 Å². The molecule has 34 heavy (non-hydrogen) atoms. The van der Waals surface area contributed by atoms with Gasteiger partial charge in [-0.15, -0.1) is 0 Å². The number of esters is 1. The zero-order valence-electron chi connectivity index (χ0n) is 22.9. The van der Waals surface area contributed by atoms with Crippen LogP contribution < -0.4 is 0 Å². The average Bonchev–Trinajstić information content (AvgIpc) is 3.10. The first kappa shape index (κ1) is 27.0. The van der Waals surface area contributed by atoms with Crippen LogP contribution in [0.3, 0.4) is 0 Å². The van der Waals surface area contributed by atoms with Gasteiger partial charge in [0.2, 0.25) is 0 Å². The summed E-state index contributed by atoms with van der Waals surface area (Å²) >= 11 is 2.32. The molecule has 0 saturated heterocycles. The van der Waals surface area contributed by atoms with Crippen LogP contribution in [-0.4, -0.2) is 16.0 Å². The van der Waals surface area contributed by atoms with Gasteiger partial charge in [0.15, 0.2) is 0 Å². The van der Waals surface area contributed by atoms with E-state index in [0.29, 0.717) is 21.2 Å². The van der Waals surface area contributed by atoms with Crippen molar-refractivity contribution in [3.05, 3.63) is 11.6 Å². The summed E-state index contributed by atoms with van der Waals surface area (Å²) in [4.78, 5) is 12.3. The highest BCUT2D eigenvalue weighted by Crippen LogP contribution is 2.67. The highest BCUT2D eigenvalue weighted by molar-refractivity contribution is 14.1. The number of ether oxygens (including phenoxy) is 1. The topological polar surface area (TPSA) is 26.3 Å². The Morgan fingerprint density at radius 2 is 1.82 bits per heavy atom. The number of carbonyl (C=O) groups is 1. The van der Waals surface area contributed by atoms with Gasteiger partial charge in [-0.05, 0) is 91.3 Å². The van der Waals surface area contributed by atoms with Crippen LogP contribution in [0.2, 0.25) is 0 Å². The minimum atomic E-state index is -0.00210. The number of hydrogen-bond acceptors (Lipinski definition) is 2. The smallest absolute Gasteiger partial charge is 0.307 e. The molecule has 0 aliphatic heterocycles. The maximum Gasteiger partial charge on any atom is 0.307 e. The van der Waals surface area contributed by atoms with Gasteiger partial charge in [0, 0.05) is 10.3 Å². The molecule has 194 valence electrons. The summed E-state index contributed by atoms with van der Waals surface area (Å²) in [6, 6.07) is 0. The number of hydrogen-bond donors (Lipinski definition) is 0. The number of fused-ring (bicyclic) bond motifs is 5. The standard InChI is InChI=1S/C31H51IO2/c1-20(2)8-7-9-21(3)26-12-13-27-25-11-10-23-19-24(34-29(33)18-22(4)32)14-16-30(23,5)28(25)15-17-31(26,27)6/h10,20-22,24-28H,7-9,11-19H2,1-6H3/t21-,22-,24+,25-,26+,27-,28-,30+,31-/m1/s1. The molecule has 0 N–H and O–H groups in total. The lowest BCUT2D eigenvalue weighted by atomic mass is 9.47. The monoisotopic (exact) mass is 582 g/mol. The highest BCUT2D eigenvalue weighted by atomic mass is 127. The Bertz CT molecular complexity index is 757. The third-order valence-corrected chi connectivity index (χ3v) is 11.4. The minimum Gasteiger partial charge on any atom is -0.462 e. The van der Waals surface area contributed by atoms with E-state index in [9.17, 15) is 4.79 Å². The Labute approximate surface area is 224 Å². The molecule has 0 unspecified atom stereocenters. The molecular weight excluding hydrogens is 531 g/mol. The second kappa shape index (κ2) is 10.7. The summed E-state index contributed by atoms with van der Waals surface area (Å²) in [6.45, 7) is 14.7. The first-order valence-corrected chi connectivity index (χ1v) is 15.8. The molecule has 3 fully saturated rings. The Morgan fingerprint density at radius 1 is 1.06 bits per heavy atom. The van der Waals surface area contributed by atoms with Crippen molar-refractivity contribution in [2.24, 2.45) is 46.3 Å². The SMILES string of the molecule is CC(C)CCC[C@@H](C)[C@@H]1CC[C@@H]2[C@H]3CC=C4C[C@@H](OC(=O)C[C@@H](C)I)CC[C@]4(C)[C@@H]3CC[C@@]21C. The molecule has 0 spiro atoms. The molecule has 9 atom stereocenters. The van der Waals surface area contributed by atoms with Crippen LogP contribution in [0.5, 0.6) is 0 Å². The van der Waals surface area contributed by atoms with Gasteiger partial charge in [-0.3, -0.25) is 4.79 Å². The van der Waals surface area contributed by atoms with Crippen LogP contribution in [-0.2, 0) is 9.53 Å². The number of rotatable bonds is 8. The first-order chi connectivity index (χ1) is 16.0. The Morgan fingerprint density at radius 3 is 2.53 bits per heavy atom. The van der Waals surface area contributed by atoms with E-state index in [1.807, 2.05) is 0 Å². The number of allylic oxidation sites excluding steroid dienone is 1. The normalized spacial score (nSPS) is 41.2. The van der Waals surface area contributed by atoms with Gasteiger partial charge in [-0.25, -0.2) is 0 Å². The van der Waals surface area contributed by atoms with E-state index < -0.39 is 0 Å². The summed E-state index contributed by atoms with van der Waals surface area (Å²) in [7, 11) is 0. The van der Waals surface area contributed by atoms with Crippen molar-refractivity contribution in [1.82, 2.24) is 0 Å². The zero-order valence-corrected chi connectivity index (χ0v) is 25.0. The van der Waals surface area contributed by atoms with Crippen molar-refractivity contribution in [3.63, 3.8) is 0 Å². The van der Waals surface area contributed by atoms with Gasteiger partial charge in [-0.1, -0.05) is 95.0 Å². The van der Waals surface area contributed by atoms with Gasteiger partial charge in [0.05, 0.1) is 6.42 Å². The molecule has 0 aromatic heterocycles. The molecule has 3 saturated carbocycles. The number of carbonyl (C=O) groups excluding carboxylic acids is 1. The first-order valence-electron chi connectivity index (χ1n) is 14.6. The van der Waals surface area contributed by atoms with Crippen molar-refractivity contribution >= 4 is 28.6 Å². The van der Waals surface area contributed by atoms with E-state index in [2.05, 4.69) is 70.2 Å². The fourth-order valence-corrected chi connectivity index (χ4v) is 9.58. The second-order valence-electron chi connectivity index (χ2n) is 13.6. The molecule has 0 amide bonds. The summed E-state index contributed by atoms with van der Waals surface area (Å²) in [5, 5.41) is 0. The maximum atomic E-state index is 12.3. The summed E-state index contributed by atoms with van der Waals surface area (Å²) in [5.74, 6) is 5.28. The van der Waals surface area contributed by atoms with Crippen molar-refractivity contribution in [2.45, 2.75) is 129 Å². The lowest BCUT2D eigenvalue weighted by Crippen LogP contribution is -2.51. The zero-order chi connectivity index (χ0) is 24.7. The van der Waals surface area contributed by atoms with E-state index in [1.54, 1.807) is 5.57 Å². The summed E-state index contributed by atoms with van der Waals surface area (Å²) in [5.41, 5.74) is 2.52. The molecule has 0 aromatic rings. The Kier molecular flexibility index (Phi) is 8.52. The minimum absolute atomic E-state index is 0.00210. The van der Waals surface area contributed by atoms with Crippen LogP contribution in [0.1, 0.15) is 119 Å².